The Balaban J connectivity index is 2.00. The average Bonchev–Trinajstić information content (AvgIpc) is 3.14. The maximum Gasteiger partial charge on any atom is 0.403 e. The standard InChI is InChI=1S/C22H20F5NO4S/c1-21(22(25,26)27)10-14(13-7-8-15(23)16(24)17(13)31-2)18(33-21)19(29)28-12-6-4-5-11(9-12)20(30)32-3/h4-9,14,18H,10H2,1-3H3,(H,28,29)/t14-,18+,21+/m0/s1. The van der Waals surface area contributed by atoms with Crippen LogP contribution in [0.2, 0.25) is 0 Å². The molecule has 178 valence electrons. The Morgan fingerprint density at radius 3 is 2.45 bits per heavy atom. The van der Waals surface area contributed by atoms with E-state index in [0.29, 0.717) is 11.8 Å². The zero-order valence-electron chi connectivity index (χ0n) is 17.8. The number of methoxy groups -OCH3 is 2. The lowest BCUT2D eigenvalue weighted by Gasteiger charge is -2.26. The van der Waals surface area contributed by atoms with Gasteiger partial charge in [0.05, 0.1) is 25.0 Å². The van der Waals surface area contributed by atoms with Crippen LogP contribution in [0.25, 0.3) is 0 Å². The monoisotopic (exact) mass is 489 g/mol. The molecule has 3 atom stereocenters. The molecular formula is C22H20F5NO4S. The fraction of sp³-hybridized carbons (Fsp3) is 0.364. The van der Waals surface area contributed by atoms with Gasteiger partial charge < -0.3 is 14.8 Å². The molecule has 1 amide bonds. The number of rotatable bonds is 5. The molecule has 1 aliphatic rings. The number of benzene rings is 2. The molecule has 11 heteroatoms. The Hall–Kier alpha value is -2.82. The van der Waals surface area contributed by atoms with E-state index in [1.807, 2.05) is 0 Å². The summed E-state index contributed by atoms with van der Waals surface area (Å²) < 4.78 is 76.7. The van der Waals surface area contributed by atoms with Crippen LogP contribution in [0.3, 0.4) is 0 Å². The normalized spacial score (nSPS) is 22.7. The molecule has 1 heterocycles. The fourth-order valence-corrected chi connectivity index (χ4v) is 5.27. The highest BCUT2D eigenvalue weighted by Crippen LogP contribution is 2.59. The topological polar surface area (TPSA) is 64.6 Å². The summed E-state index contributed by atoms with van der Waals surface area (Å²) >= 11 is 0.394. The first kappa shape index (κ1) is 24.8. The van der Waals surface area contributed by atoms with Gasteiger partial charge in [0, 0.05) is 17.2 Å². The molecule has 0 spiro atoms. The van der Waals surface area contributed by atoms with Crippen LogP contribution in [0, 0.1) is 11.6 Å². The van der Waals surface area contributed by atoms with E-state index in [1.54, 1.807) is 0 Å². The summed E-state index contributed by atoms with van der Waals surface area (Å²) in [5, 5.41) is 1.20. The van der Waals surface area contributed by atoms with Crippen molar-refractivity contribution >= 4 is 29.3 Å². The van der Waals surface area contributed by atoms with Crippen LogP contribution in [0.15, 0.2) is 36.4 Å². The molecule has 0 bridgehead atoms. The Morgan fingerprint density at radius 1 is 1.15 bits per heavy atom. The molecule has 1 fully saturated rings. The van der Waals surface area contributed by atoms with Crippen LogP contribution in [0.5, 0.6) is 5.75 Å². The van der Waals surface area contributed by atoms with Crippen molar-refractivity contribution in [1.82, 2.24) is 0 Å². The van der Waals surface area contributed by atoms with Crippen LogP contribution in [0.4, 0.5) is 27.6 Å². The Kier molecular flexibility index (Phi) is 6.92. The number of anilines is 1. The van der Waals surface area contributed by atoms with E-state index in [0.717, 1.165) is 26.2 Å². The maximum absolute atomic E-state index is 14.3. The lowest BCUT2D eigenvalue weighted by atomic mass is 9.85. The number of esters is 1. The minimum atomic E-state index is -4.67. The van der Waals surface area contributed by atoms with Gasteiger partial charge >= 0.3 is 12.1 Å². The number of halogens is 5. The molecule has 0 saturated carbocycles. The summed E-state index contributed by atoms with van der Waals surface area (Å²) in [6.07, 6.45) is -5.22. The predicted molar refractivity (Wildman–Crippen MR) is 113 cm³/mol. The van der Waals surface area contributed by atoms with Crippen molar-refractivity contribution in [3.63, 3.8) is 0 Å². The van der Waals surface area contributed by atoms with Crippen molar-refractivity contribution in [3.8, 4) is 5.75 Å². The van der Waals surface area contributed by atoms with E-state index in [2.05, 4.69) is 10.1 Å². The molecule has 1 saturated heterocycles. The van der Waals surface area contributed by atoms with E-state index >= 15 is 0 Å². The van der Waals surface area contributed by atoms with Gasteiger partial charge in [-0.15, -0.1) is 11.8 Å². The summed E-state index contributed by atoms with van der Waals surface area (Å²) in [5.41, 5.74) is 0.258. The van der Waals surface area contributed by atoms with Crippen LogP contribution in [-0.2, 0) is 9.53 Å². The fourth-order valence-electron chi connectivity index (χ4n) is 3.73. The minimum absolute atomic E-state index is 0.0414. The first-order chi connectivity index (χ1) is 15.4. The summed E-state index contributed by atoms with van der Waals surface area (Å²) in [6.45, 7) is 0.960. The smallest absolute Gasteiger partial charge is 0.403 e. The van der Waals surface area contributed by atoms with Gasteiger partial charge in [0.1, 0.15) is 4.75 Å². The van der Waals surface area contributed by atoms with Crippen molar-refractivity contribution in [1.29, 1.82) is 0 Å². The van der Waals surface area contributed by atoms with Crippen molar-refractivity contribution in [3.05, 3.63) is 59.2 Å². The van der Waals surface area contributed by atoms with E-state index in [4.69, 9.17) is 4.74 Å². The first-order valence-electron chi connectivity index (χ1n) is 9.67. The third-order valence-electron chi connectivity index (χ3n) is 5.46. The van der Waals surface area contributed by atoms with Crippen LogP contribution >= 0.6 is 11.8 Å². The second kappa shape index (κ2) is 9.20. The highest BCUT2D eigenvalue weighted by Gasteiger charge is 2.60. The second-order valence-corrected chi connectivity index (χ2v) is 9.27. The second-order valence-electron chi connectivity index (χ2n) is 7.62. The zero-order chi connectivity index (χ0) is 24.6. The van der Waals surface area contributed by atoms with Gasteiger partial charge in [-0.3, -0.25) is 4.79 Å². The molecule has 0 aromatic heterocycles. The van der Waals surface area contributed by atoms with Gasteiger partial charge in [0.15, 0.2) is 11.6 Å². The molecule has 0 radical (unpaired) electrons. The van der Waals surface area contributed by atoms with Gasteiger partial charge in [-0.25, -0.2) is 9.18 Å². The van der Waals surface area contributed by atoms with Crippen molar-refractivity contribution in [2.45, 2.75) is 35.4 Å². The SMILES string of the molecule is COC(=O)c1cccc(NC(=O)[C@@H]2S[C@@](C)(C(F)(F)F)C[C@H]2c2ccc(F)c(F)c2OC)c1. The molecule has 0 aliphatic carbocycles. The van der Waals surface area contributed by atoms with Crippen LogP contribution < -0.4 is 10.1 Å². The quantitative estimate of drug-likeness (QED) is 0.456. The summed E-state index contributed by atoms with van der Waals surface area (Å²) in [5.74, 6) is -5.68. The van der Waals surface area contributed by atoms with Crippen molar-refractivity contribution in [2.24, 2.45) is 0 Å². The highest BCUT2D eigenvalue weighted by molar-refractivity contribution is 8.02. The molecule has 33 heavy (non-hydrogen) atoms. The number of thioether (sulfide) groups is 1. The van der Waals surface area contributed by atoms with Gasteiger partial charge in [-0.1, -0.05) is 12.1 Å². The number of ether oxygens (including phenoxy) is 2. The lowest BCUT2D eigenvalue weighted by Crippen LogP contribution is -2.37. The molecule has 2 aromatic rings. The van der Waals surface area contributed by atoms with Gasteiger partial charge in [0.25, 0.3) is 0 Å². The Bertz CT molecular complexity index is 1080. The van der Waals surface area contributed by atoms with E-state index < -0.39 is 57.8 Å². The molecule has 1 N–H and O–H groups in total. The van der Waals surface area contributed by atoms with Gasteiger partial charge in [-0.05, 0) is 37.6 Å². The number of amides is 1. The van der Waals surface area contributed by atoms with E-state index in [-0.39, 0.29) is 16.8 Å². The molecule has 5 nitrogen and oxygen atoms in total. The highest BCUT2D eigenvalue weighted by atomic mass is 32.2. The molecule has 1 aliphatic heterocycles. The lowest BCUT2D eigenvalue weighted by molar-refractivity contribution is -0.155. The minimum Gasteiger partial charge on any atom is -0.493 e. The predicted octanol–water partition coefficient (Wildman–Crippen LogP) is 5.31. The Labute approximate surface area is 190 Å². The largest absolute Gasteiger partial charge is 0.493 e. The van der Waals surface area contributed by atoms with E-state index in [1.165, 1.54) is 31.4 Å². The van der Waals surface area contributed by atoms with Gasteiger partial charge in [-0.2, -0.15) is 17.6 Å². The number of hydrogen-bond donors (Lipinski definition) is 1. The molecular weight excluding hydrogens is 469 g/mol. The van der Waals surface area contributed by atoms with Crippen molar-refractivity contribution < 1.29 is 41.0 Å². The van der Waals surface area contributed by atoms with Crippen molar-refractivity contribution in [2.75, 3.05) is 19.5 Å². The third-order valence-corrected chi connectivity index (χ3v) is 7.17. The summed E-state index contributed by atoms with van der Waals surface area (Å²) in [6, 6.07) is 7.61. The summed E-state index contributed by atoms with van der Waals surface area (Å²) in [4.78, 5) is 24.8. The number of hydrogen-bond acceptors (Lipinski definition) is 5. The molecule has 3 rings (SSSR count). The third kappa shape index (κ3) is 4.78. The van der Waals surface area contributed by atoms with Crippen LogP contribution in [-0.4, -0.2) is 42.3 Å². The molecule has 0 unspecified atom stereocenters. The Morgan fingerprint density at radius 2 is 1.85 bits per heavy atom. The first-order valence-corrected chi connectivity index (χ1v) is 10.6. The number of alkyl halides is 3. The van der Waals surface area contributed by atoms with E-state index in [9.17, 15) is 31.5 Å². The maximum atomic E-state index is 14.3. The summed E-state index contributed by atoms with van der Waals surface area (Å²) in [7, 11) is 2.25. The number of carbonyl (C=O) groups excluding carboxylic acids is 2. The number of nitrogens with one attached hydrogen (secondary N) is 1. The number of carbonyl (C=O) groups is 2. The zero-order valence-corrected chi connectivity index (χ0v) is 18.6. The van der Waals surface area contributed by atoms with Gasteiger partial charge in [0.2, 0.25) is 11.7 Å². The average molecular weight is 489 g/mol. The molecule has 2 aromatic carbocycles. The van der Waals surface area contributed by atoms with Crippen LogP contribution in [0.1, 0.15) is 35.2 Å².